The molecule has 0 saturated heterocycles. The van der Waals surface area contributed by atoms with E-state index in [2.05, 4.69) is 45.0 Å². The van der Waals surface area contributed by atoms with Gasteiger partial charge in [-0.1, -0.05) is 45.0 Å². The molecule has 2 rings (SSSR count). The summed E-state index contributed by atoms with van der Waals surface area (Å²) in [6.45, 7) is 6.59. The lowest BCUT2D eigenvalue weighted by Gasteiger charge is -2.19. The number of benzene rings is 1. The largest absolute Gasteiger partial charge is 0.481 e. The summed E-state index contributed by atoms with van der Waals surface area (Å²) in [5, 5.41) is 8.85. The maximum atomic E-state index is 10.7. The topological polar surface area (TPSA) is 37.3 Å². The first-order chi connectivity index (χ1) is 7.88. The lowest BCUT2D eigenvalue weighted by atomic mass is 9.86. The van der Waals surface area contributed by atoms with Crippen LogP contribution in [0.25, 0.3) is 0 Å². The molecule has 0 radical (unpaired) electrons. The number of rotatable bonds is 3. The minimum atomic E-state index is -0.638. The highest BCUT2D eigenvalue weighted by Gasteiger charge is 2.42. The quantitative estimate of drug-likeness (QED) is 0.868. The third kappa shape index (κ3) is 2.87. The van der Waals surface area contributed by atoms with E-state index in [1.165, 1.54) is 11.1 Å². The van der Waals surface area contributed by atoms with Crippen molar-refractivity contribution in [3.8, 4) is 0 Å². The Balaban J connectivity index is 1.98. The van der Waals surface area contributed by atoms with Crippen LogP contribution in [0.15, 0.2) is 24.3 Å². The number of carbonyl (C=O) groups is 1. The van der Waals surface area contributed by atoms with Gasteiger partial charge in [-0.2, -0.15) is 0 Å². The average Bonchev–Trinajstić information content (AvgIpc) is 2.96. The van der Waals surface area contributed by atoms with Gasteiger partial charge in [-0.25, -0.2) is 0 Å². The molecule has 2 atom stereocenters. The van der Waals surface area contributed by atoms with Crippen molar-refractivity contribution in [2.24, 2.45) is 11.8 Å². The van der Waals surface area contributed by atoms with Gasteiger partial charge in [0.1, 0.15) is 0 Å². The Morgan fingerprint density at radius 3 is 2.29 bits per heavy atom. The van der Waals surface area contributed by atoms with Crippen LogP contribution in [-0.4, -0.2) is 11.1 Å². The molecular weight excluding hydrogens is 212 g/mol. The summed E-state index contributed by atoms with van der Waals surface area (Å²) in [5.74, 6) is -0.383. The lowest BCUT2D eigenvalue weighted by Crippen LogP contribution is -2.10. The van der Waals surface area contributed by atoms with Crippen molar-refractivity contribution < 1.29 is 9.90 Å². The maximum absolute atomic E-state index is 10.7. The number of aliphatic carboxylic acids is 1. The molecule has 0 bridgehead atoms. The molecule has 1 fully saturated rings. The average molecular weight is 232 g/mol. The highest BCUT2D eigenvalue weighted by atomic mass is 16.4. The third-order valence-corrected chi connectivity index (χ3v) is 3.56. The maximum Gasteiger partial charge on any atom is 0.306 e. The molecule has 1 aliphatic carbocycles. The monoisotopic (exact) mass is 232 g/mol. The van der Waals surface area contributed by atoms with Gasteiger partial charge in [0.15, 0.2) is 0 Å². The van der Waals surface area contributed by atoms with Gasteiger partial charge in [0, 0.05) is 0 Å². The fourth-order valence-corrected chi connectivity index (χ4v) is 2.22. The van der Waals surface area contributed by atoms with Crippen molar-refractivity contribution in [1.29, 1.82) is 0 Å². The molecule has 17 heavy (non-hydrogen) atoms. The molecular formula is C15H20O2. The van der Waals surface area contributed by atoms with Gasteiger partial charge < -0.3 is 5.11 Å². The molecule has 92 valence electrons. The smallest absolute Gasteiger partial charge is 0.306 e. The highest BCUT2D eigenvalue weighted by Crippen LogP contribution is 2.41. The summed E-state index contributed by atoms with van der Waals surface area (Å²) in [6.07, 6.45) is 1.75. The minimum Gasteiger partial charge on any atom is -0.481 e. The van der Waals surface area contributed by atoms with Gasteiger partial charge in [0.25, 0.3) is 0 Å². The molecule has 0 unspecified atom stereocenters. The second-order valence-electron chi connectivity index (χ2n) is 6.09. The Bertz CT molecular complexity index is 412. The molecule has 0 aliphatic heterocycles. The van der Waals surface area contributed by atoms with E-state index in [1.807, 2.05) is 0 Å². The standard InChI is InChI=1S/C15H20O2/c1-15(2,3)12-6-4-10(5-7-12)8-11-9-13(11)14(16)17/h4-7,11,13H,8-9H2,1-3H3,(H,16,17)/t11-,13+/m0/s1. The second kappa shape index (κ2) is 4.17. The summed E-state index contributed by atoms with van der Waals surface area (Å²) in [6, 6.07) is 8.59. The summed E-state index contributed by atoms with van der Waals surface area (Å²) < 4.78 is 0. The van der Waals surface area contributed by atoms with Crippen LogP contribution in [0.5, 0.6) is 0 Å². The zero-order valence-electron chi connectivity index (χ0n) is 10.7. The SMILES string of the molecule is CC(C)(C)c1ccc(C[C@H]2C[C@H]2C(=O)O)cc1. The summed E-state index contributed by atoms with van der Waals surface area (Å²) in [7, 11) is 0. The fraction of sp³-hybridized carbons (Fsp3) is 0.533. The van der Waals surface area contributed by atoms with Crippen molar-refractivity contribution in [3.05, 3.63) is 35.4 Å². The molecule has 1 saturated carbocycles. The molecule has 0 aromatic heterocycles. The molecule has 0 heterocycles. The lowest BCUT2D eigenvalue weighted by molar-refractivity contribution is -0.138. The first-order valence-corrected chi connectivity index (χ1v) is 6.20. The van der Waals surface area contributed by atoms with Crippen LogP contribution in [0.3, 0.4) is 0 Å². The Hall–Kier alpha value is -1.31. The van der Waals surface area contributed by atoms with Crippen LogP contribution in [-0.2, 0) is 16.6 Å². The van der Waals surface area contributed by atoms with E-state index in [1.54, 1.807) is 0 Å². The highest BCUT2D eigenvalue weighted by molar-refractivity contribution is 5.73. The van der Waals surface area contributed by atoms with E-state index in [4.69, 9.17) is 5.11 Å². The molecule has 0 amide bonds. The van der Waals surface area contributed by atoms with Crippen LogP contribution in [0.1, 0.15) is 38.3 Å². The number of carboxylic acid groups (broad SMARTS) is 1. The molecule has 2 nitrogen and oxygen atoms in total. The van der Waals surface area contributed by atoms with E-state index in [9.17, 15) is 4.79 Å². The number of hydrogen-bond donors (Lipinski definition) is 1. The Morgan fingerprint density at radius 1 is 1.29 bits per heavy atom. The minimum absolute atomic E-state index is 0.0997. The van der Waals surface area contributed by atoms with Gasteiger partial charge >= 0.3 is 5.97 Å². The van der Waals surface area contributed by atoms with Crippen molar-refractivity contribution in [2.75, 3.05) is 0 Å². The van der Waals surface area contributed by atoms with E-state index >= 15 is 0 Å². The van der Waals surface area contributed by atoms with Crippen LogP contribution in [0.4, 0.5) is 0 Å². The normalized spacial score (nSPS) is 23.5. The molecule has 1 N–H and O–H groups in total. The molecule has 1 aromatic carbocycles. The molecule has 2 heteroatoms. The zero-order chi connectivity index (χ0) is 12.6. The zero-order valence-corrected chi connectivity index (χ0v) is 10.7. The van der Waals surface area contributed by atoms with Crippen LogP contribution >= 0.6 is 0 Å². The van der Waals surface area contributed by atoms with Crippen molar-refractivity contribution in [3.63, 3.8) is 0 Å². The molecule has 0 spiro atoms. The second-order valence-corrected chi connectivity index (χ2v) is 6.09. The first-order valence-electron chi connectivity index (χ1n) is 6.20. The summed E-state index contributed by atoms with van der Waals surface area (Å²) >= 11 is 0. The Labute approximate surface area is 103 Å². The predicted molar refractivity (Wildman–Crippen MR) is 68.1 cm³/mol. The Kier molecular flexibility index (Phi) is 2.98. The number of hydrogen-bond acceptors (Lipinski definition) is 1. The first kappa shape index (κ1) is 12.2. The fourth-order valence-electron chi connectivity index (χ4n) is 2.22. The third-order valence-electron chi connectivity index (χ3n) is 3.56. The summed E-state index contributed by atoms with van der Waals surface area (Å²) in [5.41, 5.74) is 2.76. The van der Waals surface area contributed by atoms with Crippen LogP contribution in [0, 0.1) is 11.8 Å². The van der Waals surface area contributed by atoms with E-state index in [0.29, 0.717) is 5.92 Å². The van der Waals surface area contributed by atoms with Crippen LogP contribution in [0.2, 0.25) is 0 Å². The van der Waals surface area contributed by atoms with E-state index in [-0.39, 0.29) is 11.3 Å². The number of carboxylic acids is 1. The van der Waals surface area contributed by atoms with Crippen molar-refractivity contribution in [2.45, 2.75) is 39.0 Å². The Morgan fingerprint density at radius 2 is 1.88 bits per heavy atom. The van der Waals surface area contributed by atoms with E-state index < -0.39 is 5.97 Å². The van der Waals surface area contributed by atoms with Crippen molar-refractivity contribution >= 4 is 5.97 Å². The van der Waals surface area contributed by atoms with Gasteiger partial charge in [0.2, 0.25) is 0 Å². The van der Waals surface area contributed by atoms with Gasteiger partial charge in [-0.3, -0.25) is 4.79 Å². The predicted octanol–water partition coefficient (Wildman–Crippen LogP) is 3.25. The van der Waals surface area contributed by atoms with E-state index in [0.717, 1.165) is 12.8 Å². The molecule has 1 aliphatic rings. The van der Waals surface area contributed by atoms with Gasteiger partial charge in [-0.15, -0.1) is 0 Å². The van der Waals surface area contributed by atoms with Crippen molar-refractivity contribution in [1.82, 2.24) is 0 Å². The van der Waals surface area contributed by atoms with Crippen LogP contribution < -0.4 is 0 Å². The van der Waals surface area contributed by atoms with Gasteiger partial charge in [-0.05, 0) is 35.3 Å². The molecule has 1 aromatic rings. The van der Waals surface area contributed by atoms with Gasteiger partial charge in [0.05, 0.1) is 5.92 Å². The summed E-state index contributed by atoms with van der Waals surface area (Å²) in [4.78, 5) is 10.7.